The van der Waals surface area contributed by atoms with E-state index in [1.807, 2.05) is 62.4 Å². The molecule has 2 rings (SSSR count). The lowest BCUT2D eigenvalue weighted by Gasteiger charge is -2.14. The minimum atomic E-state index is 0.0158. The van der Waals surface area contributed by atoms with Crippen LogP contribution in [0.25, 0.3) is 0 Å². The highest BCUT2D eigenvalue weighted by Crippen LogP contribution is 2.13. The fourth-order valence-electron chi connectivity index (χ4n) is 2.81. The van der Waals surface area contributed by atoms with Crippen LogP contribution >= 0.6 is 0 Å². The van der Waals surface area contributed by atoms with Gasteiger partial charge in [-0.1, -0.05) is 24.3 Å². The summed E-state index contributed by atoms with van der Waals surface area (Å²) in [4.78, 5) is 17.9. The van der Waals surface area contributed by atoms with Gasteiger partial charge >= 0.3 is 0 Å². The van der Waals surface area contributed by atoms with Gasteiger partial charge in [-0.25, -0.2) is 0 Å². The largest absolute Gasteiger partial charge is 0.491 e. The molecule has 0 aliphatic heterocycles. The second kappa shape index (κ2) is 11.1. The molecule has 2 aromatic carbocycles. The first-order valence-corrected chi connectivity index (χ1v) is 9.89. The maximum Gasteiger partial charge on any atom is 0.253 e. The Morgan fingerprint density at radius 2 is 1.79 bits per heavy atom. The number of amides is 1. The molecule has 29 heavy (non-hydrogen) atoms. The van der Waals surface area contributed by atoms with Gasteiger partial charge in [-0.05, 0) is 55.7 Å². The van der Waals surface area contributed by atoms with Gasteiger partial charge in [-0.3, -0.25) is 9.79 Å². The second-order valence-electron chi connectivity index (χ2n) is 7.31. The fraction of sp³-hybridized carbons (Fsp3) is 0.391. The third kappa shape index (κ3) is 7.49. The summed E-state index contributed by atoms with van der Waals surface area (Å²) in [5.41, 5.74) is 2.97. The summed E-state index contributed by atoms with van der Waals surface area (Å²) in [5.74, 6) is 1.64. The zero-order valence-corrected chi connectivity index (χ0v) is 18.0. The molecular weight excluding hydrogens is 364 g/mol. The van der Waals surface area contributed by atoms with Gasteiger partial charge in [0.2, 0.25) is 0 Å². The van der Waals surface area contributed by atoms with Crippen molar-refractivity contribution in [2.75, 3.05) is 27.7 Å². The first-order valence-electron chi connectivity index (χ1n) is 9.89. The fourth-order valence-corrected chi connectivity index (χ4v) is 2.81. The van der Waals surface area contributed by atoms with E-state index in [9.17, 15) is 4.79 Å². The summed E-state index contributed by atoms with van der Waals surface area (Å²) in [6.45, 7) is 5.43. The van der Waals surface area contributed by atoms with E-state index in [2.05, 4.69) is 15.6 Å². The summed E-state index contributed by atoms with van der Waals surface area (Å²) < 4.78 is 5.67. The second-order valence-corrected chi connectivity index (χ2v) is 7.31. The van der Waals surface area contributed by atoms with E-state index in [1.165, 1.54) is 0 Å². The molecule has 2 N–H and O–H groups in total. The number of ether oxygens (including phenoxy) is 1. The average molecular weight is 397 g/mol. The van der Waals surface area contributed by atoms with Crippen molar-refractivity contribution in [1.29, 1.82) is 0 Å². The Morgan fingerprint density at radius 3 is 2.41 bits per heavy atom. The topological polar surface area (TPSA) is 66.0 Å². The number of hydrogen-bond acceptors (Lipinski definition) is 3. The van der Waals surface area contributed by atoms with Crippen molar-refractivity contribution in [3.05, 3.63) is 65.2 Å². The van der Waals surface area contributed by atoms with Crippen molar-refractivity contribution in [2.24, 2.45) is 4.99 Å². The summed E-state index contributed by atoms with van der Waals surface area (Å²) in [7, 11) is 5.28. The Morgan fingerprint density at radius 1 is 1.07 bits per heavy atom. The Hall–Kier alpha value is -3.02. The van der Waals surface area contributed by atoms with Crippen molar-refractivity contribution in [3.8, 4) is 5.75 Å². The number of benzene rings is 2. The number of nitrogens with zero attached hydrogens (tertiary/aromatic N) is 2. The minimum Gasteiger partial charge on any atom is -0.491 e. The Balaban J connectivity index is 1.81. The lowest BCUT2D eigenvalue weighted by molar-refractivity contribution is 0.0827. The summed E-state index contributed by atoms with van der Waals surface area (Å²) >= 11 is 0. The van der Waals surface area contributed by atoms with E-state index >= 15 is 0 Å². The van der Waals surface area contributed by atoms with E-state index in [-0.39, 0.29) is 12.0 Å². The monoisotopic (exact) mass is 396 g/mol. The van der Waals surface area contributed by atoms with Crippen LogP contribution < -0.4 is 15.4 Å². The van der Waals surface area contributed by atoms with E-state index in [0.29, 0.717) is 12.1 Å². The van der Waals surface area contributed by atoms with Crippen LogP contribution in [0.3, 0.4) is 0 Å². The highest BCUT2D eigenvalue weighted by Gasteiger charge is 2.08. The summed E-state index contributed by atoms with van der Waals surface area (Å²) in [5, 5.41) is 6.63. The van der Waals surface area contributed by atoms with Gasteiger partial charge in [0.1, 0.15) is 5.75 Å². The standard InChI is InChI=1S/C23H32N4O2/c1-17(2)29-21-11-9-19(10-12-21)16-26-23(24-3)25-14-13-18-7-6-8-20(15-18)22(28)27(4)5/h6-12,15,17H,13-14,16H2,1-5H3,(H2,24,25,26). The van der Waals surface area contributed by atoms with Crippen LogP contribution in [-0.2, 0) is 13.0 Å². The number of rotatable bonds is 8. The molecule has 0 radical (unpaired) electrons. The first-order chi connectivity index (χ1) is 13.9. The van der Waals surface area contributed by atoms with Crippen molar-refractivity contribution in [2.45, 2.75) is 32.9 Å². The predicted octanol–water partition coefficient (Wildman–Crippen LogP) is 3.08. The molecular formula is C23H32N4O2. The van der Waals surface area contributed by atoms with E-state index < -0.39 is 0 Å². The quantitative estimate of drug-likeness (QED) is 0.532. The molecule has 1 amide bonds. The van der Waals surface area contributed by atoms with E-state index in [4.69, 9.17) is 4.74 Å². The van der Waals surface area contributed by atoms with Crippen LogP contribution in [0.2, 0.25) is 0 Å². The smallest absolute Gasteiger partial charge is 0.253 e. The lowest BCUT2D eigenvalue weighted by Crippen LogP contribution is -2.37. The minimum absolute atomic E-state index is 0.0158. The number of carbonyl (C=O) groups excluding carboxylic acids is 1. The molecule has 6 heteroatoms. The first kappa shape index (κ1) is 22.3. The maximum atomic E-state index is 12.1. The van der Waals surface area contributed by atoms with Gasteiger partial charge in [0.15, 0.2) is 5.96 Å². The summed E-state index contributed by atoms with van der Waals surface area (Å²) in [6.07, 6.45) is 0.972. The van der Waals surface area contributed by atoms with Crippen molar-refractivity contribution >= 4 is 11.9 Å². The molecule has 0 atom stereocenters. The van der Waals surface area contributed by atoms with Crippen molar-refractivity contribution < 1.29 is 9.53 Å². The molecule has 0 heterocycles. The normalized spacial score (nSPS) is 11.3. The molecule has 0 saturated heterocycles. The third-order valence-electron chi connectivity index (χ3n) is 4.26. The highest BCUT2D eigenvalue weighted by molar-refractivity contribution is 5.94. The van der Waals surface area contributed by atoms with Gasteiger partial charge in [0, 0.05) is 39.8 Å². The molecule has 0 aliphatic carbocycles. The molecule has 6 nitrogen and oxygen atoms in total. The number of hydrogen-bond donors (Lipinski definition) is 2. The molecule has 156 valence electrons. The Bertz CT molecular complexity index is 814. The van der Waals surface area contributed by atoms with Gasteiger partial charge in [0.25, 0.3) is 5.91 Å². The van der Waals surface area contributed by atoms with Crippen LogP contribution in [0.15, 0.2) is 53.5 Å². The van der Waals surface area contributed by atoms with Crippen molar-refractivity contribution in [3.63, 3.8) is 0 Å². The Kier molecular flexibility index (Phi) is 8.52. The number of carbonyl (C=O) groups is 1. The maximum absolute atomic E-state index is 12.1. The number of guanidine groups is 1. The van der Waals surface area contributed by atoms with Crippen LogP contribution in [0.5, 0.6) is 5.75 Å². The highest BCUT2D eigenvalue weighted by atomic mass is 16.5. The molecule has 0 aliphatic rings. The van der Waals surface area contributed by atoms with Crippen molar-refractivity contribution in [1.82, 2.24) is 15.5 Å². The number of nitrogens with one attached hydrogen (secondary N) is 2. The molecule has 0 saturated carbocycles. The van der Waals surface area contributed by atoms with E-state index in [1.54, 1.807) is 26.0 Å². The lowest BCUT2D eigenvalue weighted by atomic mass is 10.1. The predicted molar refractivity (Wildman–Crippen MR) is 119 cm³/mol. The average Bonchev–Trinajstić information content (AvgIpc) is 2.70. The van der Waals surface area contributed by atoms with E-state index in [0.717, 1.165) is 35.8 Å². The van der Waals surface area contributed by atoms with Gasteiger partial charge in [-0.15, -0.1) is 0 Å². The van der Waals surface area contributed by atoms with Crippen LogP contribution in [0.1, 0.15) is 35.3 Å². The SMILES string of the molecule is CN=C(NCCc1cccc(C(=O)N(C)C)c1)NCc1ccc(OC(C)C)cc1. The van der Waals surface area contributed by atoms with Gasteiger partial charge in [-0.2, -0.15) is 0 Å². The number of aliphatic imine (C=N–C) groups is 1. The van der Waals surface area contributed by atoms with Crippen LogP contribution in [-0.4, -0.2) is 50.6 Å². The summed E-state index contributed by atoms with van der Waals surface area (Å²) in [6, 6.07) is 15.8. The van der Waals surface area contributed by atoms with Gasteiger partial charge < -0.3 is 20.3 Å². The molecule has 2 aromatic rings. The molecule has 0 bridgehead atoms. The molecule has 0 spiro atoms. The molecule has 0 aromatic heterocycles. The zero-order valence-electron chi connectivity index (χ0n) is 18.0. The third-order valence-corrected chi connectivity index (χ3v) is 4.26. The van der Waals surface area contributed by atoms with Crippen LogP contribution in [0.4, 0.5) is 0 Å². The zero-order chi connectivity index (χ0) is 21.2. The molecule has 0 unspecified atom stereocenters. The Labute approximate surface area is 174 Å². The van der Waals surface area contributed by atoms with Gasteiger partial charge in [0.05, 0.1) is 6.10 Å². The van der Waals surface area contributed by atoms with Crippen LogP contribution in [0, 0.1) is 0 Å². The molecule has 0 fully saturated rings.